The molecule has 0 aromatic heterocycles. The van der Waals surface area contributed by atoms with Gasteiger partial charge in [0.05, 0.1) is 21.7 Å². The summed E-state index contributed by atoms with van der Waals surface area (Å²) in [5.41, 5.74) is 0.397. The van der Waals surface area contributed by atoms with Crippen LogP contribution in [0.5, 0.6) is 0 Å². The first-order chi connectivity index (χ1) is 14.8. The van der Waals surface area contributed by atoms with Gasteiger partial charge in [0, 0.05) is 11.3 Å². The van der Waals surface area contributed by atoms with Crippen molar-refractivity contribution in [1.29, 1.82) is 0 Å². The number of benzene rings is 3. The number of halogens is 4. The van der Waals surface area contributed by atoms with Crippen molar-refractivity contribution in [1.82, 2.24) is 0 Å². The van der Waals surface area contributed by atoms with Crippen LogP contribution in [0.4, 0.5) is 14.5 Å². The lowest BCUT2D eigenvalue weighted by atomic mass is 9.95. The second-order valence-corrected chi connectivity index (χ2v) is 7.64. The van der Waals surface area contributed by atoms with Gasteiger partial charge in [-0.05, 0) is 54.1 Å². The first kappa shape index (κ1) is 21.0. The molecule has 1 aliphatic heterocycles. The Bertz CT molecular complexity index is 1240. The predicted octanol–water partition coefficient (Wildman–Crippen LogP) is 5.90. The Hall–Kier alpha value is -3.22. The molecular weight excluding hydrogens is 447 g/mol. The molecule has 0 spiro atoms. The summed E-state index contributed by atoms with van der Waals surface area (Å²) in [6, 6.07) is 13.4. The number of rotatable bonds is 3. The van der Waals surface area contributed by atoms with Crippen LogP contribution in [0.15, 0.2) is 72.3 Å². The zero-order valence-corrected chi connectivity index (χ0v) is 17.2. The Morgan fingerprint density at radius 1 is 0.871 bits per heavy atom. The topological polar surface area (TPSA) is 57.6 Å². The molecule has 1 heterocycles. The van der Waals surface area contributed by atoms with E-state index in [4.69, 9.17) is 23.2 Å². The highest BCUT2D eigenvalue weighted by Gasteiger charge is 2.47. The van der Waals surface area contributed by atoms with Gasteiger partial charge < -0.3 is 5.11 Å². The molecule has 1 atom stereocenters. The van der Waals surface area contributed by atoms with Crippen molar-refractivity contribution in [3.8, 4) is 0 Å². The molecule has 3 aromatic carbocycles. The van der Waals surface area contributed by atoms with Gasteiger partial charge in [0.25, 0.3) is 11.7 Å². The molecule has 1 unspecified atom stereocenters. The molecule has 3 aromatic rings. The number of amides is 1. The van der Waals surface area contributed by atoms with Crippen LogP contribution in [0.2, 0.25) is 10.0 Å². The molecule has 1 N–H and O–H groups in total. The van der Waals surface area contributed by atoms with E-state index in [1.807, 2.05) is 0 Å². The van der Waals surface area contributed by atoms with Gasteiger partial charge in [-0.15, -0.1) is 0 Å². The van der Waals surface area contributed by atoms with Gasteiger partial charge in [-0.2, -0.15) is 0 Å². The number of ketones is 1. The monoisotopic (exact) mass is 459 g/mol. The van der Waals surface area contributed by atoms with Crippen molar-refractivity contribution in [3.63, 3.8) is 0 Å². The number of carbonyl (C=O) groups excluding carboxylic acids is 2. The molecule has 0 radical (unpaired) electrons. The zero-order chi connectivity index (χ0) is 22.3. The summed E-state index contributed by atoms with van der Waals surface area (Å²) in [4.78, 5) is 26.9. The lowest BCUT2D eigenvalue weighted by molar-refractivity contribution is -0.132. The molecule has 156 valence electrons. The minimum Gasteiger partial charge on any atom is -0.507 e. The second kappa shape index (κ2) is 8.13. The number of hydrogen-bond acceptors (Lipinski definition) is 3. The summed E-state index contributed by atoms with van der Waals surface area (Å²) in [5, 5.41) is 11.3. The quantitative estimate of drug-likeness (QED) is 0.301. The van der Waals surface area contributed by atoms with Gasteiger partial charge in [-0.3, -0.25) is 14.5 Å². The number of hydrogen-bond donors (Lipinski definition) is 1. The van der Waals surface area contributed by atoms with E-state index in [1.54, 1.807) is 0 Å². The van der Waals surface area contributed by atoms with E-state index in [0.29, 0.717) is 5.56 Å². The van der Waals surface area contributed by atoms with Crippen LogP contribution in [-0.2, 0) is 9.59 Å². The third kappa shape index (κ3) is 3.80. The van der Waals surface area contributed by atoms with E-state index in [0.717, 1.165) is 11.0 Å². The summed E-state index contributed by atoms with van der Waals surface area (Å²) >= 11 is 12.0. The average Bonchev–Trinajstić information content (AvgIpc) is 3.01. The second-order valence-electron chi connectivity index (χ2n) is 6.83. The van der Waals surface area contributed by atoms with Crippen molar-refractivity contribution >= 4 is 46.3 Å². The van der Waals surface area contributed by atoms with E-state index in [2.05, 4.69) is 0 Å². The Kier molecular flexibility index (Phi) is 5.52. The lowest BCUT2D eigenvalue weighted by Crippen LogP contribution is -2.29. The number of Topliss-reactive ketones (excluding diaryl/α,β-unsaturated/α-hetero) is 1. The summed E-state index contributed by atoms with van der Waals surface area (Å²) in [7, 11) is 0. The van der Waals surface area contributed by atoms with Gasteiger partial charge in [-0.25, -0.2) is 8.78 Å². The number of aliphatic hydroxyl groups excluding tert-OH is 1. The minimum atomic E-state index is -1.11. The Morgan fingerprint density at radius 2 is 1.58 bits per heavy atom. The lowest BCUT2D eigenvalue weighted by Gasteiger charge is -2.25. The van der Waals surface area contributed by atoms with Crippen molar-refractivity contribution in [2.24, 2.45) is 0 Å². The van der Waals surface area contributed by atoms with Gasteiger partial charge in [0.15, 0.2) is 0 Å². The first-order valence-corrected chi connectivity index (χ1v) is 9.81. The standard InChI is InChI=1S/C23H13Cl2F2NO3/c24-17-9-6-13(10-18(17)25)21(29)19-20(12-4-7-14(26)8-5-12)28(23(31)22(19)30)16-3-1-2-15(27)11-16/h1-11,20,29H/b21-19+. The van der Waals surface area contributed by atoms with Crippen LogP contribution < -0.4 is 4.90 Å². The normalized spacial score (nSPS) is 17.9. The maximum Gasteiger partial charge on any atom is 0.300 e. The average molecular weight is 460 g/mol. The smallest absolute Gasteiger partial charge is 0.300 e. The van der Waals surface area contributed by atoms with Gasteiger partial charge in [0.2, 0.25) is 0 Å². The largest absolute Gasteiger partial charge is 0.507 e. The molecule has 0 aliphatic carbocycles. The van der Waals surface area contributed by atoms with Crippen molar-refractivity contribution < 1.29 is 23.5 Å². The van der Waals surface area contributed by atoms with Crippen LogP contribution in [0.1, 0.15) is 17.2 Å². The van der Waals surface area contributed by atoms with E-state index < -0.39 is 35.1 Å². The molecule has 0 saturated carbocycles. The molecule has 0 bridgehead atoms. The molecule has 1 saturated heterocycles. The molecule has 31 heavy (non-hydrogen) atoms. The number of aliphatic hydroxyl groups is 1. The molecule has 1 amide bonds. The highest BCUT2D eigenvalue weighted by atomic mass is 35.5. The molecule has 4 nitrogen and oxygen atoms in total. The van der Waals surface area contributed by atoms with E-state index in [-0.39, 0.29) is 26.9 Å². The summed E-state index contributed by atoms with van der Waals surface area (Å²) in [6.45, 7) is 0. The van der Waals surface area contributed by atoms with Crippen LogP contribution in [0.3, 0.4) is 0 Å². The Labute approximate surface area is 185 Å². The van der Waals surface area contributed by atoms with E-state index in [9.17, 15) is 23.5 Å². The van der Waals surface area contributed by atoms with Crippen LogP contribution in [0, 0.1) is 11.6 Å². The Balaban J connectivity index is 1.96. The summed E-state index contributed by atoms with van der Waals surface area (Å²) in [6.07, 6.45) is 0. The fourth-order valence-electron chi connectivity index (χ4n) is 3.48. The molecule has 4 rings (SSSR count). The number of nitrogens with zero attached hydrogens (tertiary/aromatic N) is 1. The van der Waals surface area contributed by atoms with Crippen LogP contribution in [0.25, 0.3) is 5.76 Å². The fourth-order valence-corrected chi connectivity index (χ4v) is 3.78. The zero-order valence-electron chi connectivity index (χ0n) is 15.7. The van der Waals surface area contributed by atoms with Crippen molar-refractivity contribution in [2.75, 3.05) is 4.90 Å². The molecule has 8 heteroatoms. The number of carbonyl (C=O) groups is 2. The SMILES string of the molecule is O=C1C(=O)N(c2cccc(F)c2)C(c2ccc(F)cc2)/C1=C(\O)c1ccc(Cl)c(Cl)c1. The maximum absolute atomic E-state index is 13.9. The van der Waals surface area contributed by atoms with Gasteiger partial charge in [-0.1, -0.05) is 41.4 Å². The first-order valence-electron chi connectivity index (χ1n) is 9.05. The predicted molar refractivity (Wildman–Crippen MR) is 114 cm³/mol. The van der Waals surface area contributed by atoms with Crippen LogP contribution in [-0.4, -0.2) is 16.8 Å². The van der Waals surface area contributed by atoms with E-state index in [1.165, 1.54) is 60.7 Å². The highest BCUT2D eigenvalue weighted by Crippen LogP contribution is 2.42. The van der Waals surface area contributed by atoms with Crippen molar-refractivity contribution in [3.05, 3.63) is 105 Å². The van der Waals surface area contributed by atoms with Crippen molar-refractivity contribution in [2.45, 2.75) is 6.04 Å². The summed E-state index contributed by atoms with van der Waals surface area (Å²) < 4.78 is 27.4. The molecule has 1 fully saturated rings. The maximum atomic E-state index is 13.9. The number of anilines is 1. The molecule has 1 aliphatic rings. The minimum absolute atomic E-state index is 0.115. The third-order valence-corrected chi connectivity index (χ3v) is 5.65. The summed E-state index contributed by atoms with van der Waals surface area (Å²) in [5.74, 6) is -3.54. The molecular formula is C23H13Cl2F2NO3. The van der Waals surface area contributed by atoms with Crippen LogP contribution >= 0.6 is 23.2 Å². The fraction of sp³-hybridized carbons (Fsp3) is 0.0435. The van der Waals surface area contributed by atoms with E-state index >= 15 is 0 Å². The van der Waals surface area contributed by atoms with Gasteiger partial charge in [0.1, 0.15) is 17.4 Å². The van der Waals surface area contributed by atoms with Gasteiger partial charge >= 0.3 is 0 Å². The Morgan fingerprint density at radius 3 is 2.23 bits per heavy atom. The third-order valence-electron chi connectivity index (χ3n) is 4.91. The highest BCUT2D eigenvalue weighted by molar-refractivity contribution is 6.51.